The van der Waals surface area contributed by atoms with E-state index >= 15 is 0 Å². The van der Waals surface area contributed by atoms with Gasteiger partial charge in [-0.25, -0.2) is 0 Å². The Kier molecular flexibility index (Phi) is 8.31. The van der Waals surface area contributed by atoms with Crippen LogP contribution in [-0.4, -0.2) is 74.6 Å². The van der Waals surface area contributed by atoms with Crippen molar-refractivity contribution in [1.29, 1.82) is 0 Å². The number of hydrogen-bond donors (Lipinski definition) is 1. The lowest BCUT2D eigenvalue weighted by molar-refractivity contribution is 0.0341. The molecule has 6 heteroatoms. The fraction of sp³-hybridized carbons (Fsp3) is 0.478. The number of morpholine rings is 1. The van der Waals surface area contributed by atoms with Crippen LogP contribution in [0.4, 0.5) is 0 Å². The van der Waals surface area contributed by atoms with Crippen molar-refractivity contribution in [3.8, 4) is 11.5 Å². The van der Waals surface area contributed by atoms with Gasteiger partial charge in [0.25, 0.3) is 0 Å². The van der Waals surface area contributed by atoms with E-state index in [-0.39, 0.29) is 6.61 Å². The molecule has 1 aliphatic heterocycles. The lowest BCUT2D eigenvalue weighted by atomic mass is 10.2. The van der Waals surface area contributed by atoms with Crippen LogP contribution in [0.25, 0.3) is 0 Å². The zero-order chi connectivity index (χ0) is 20.5. The minimum Gasteiger partial charge on any atom is -0.493 e. The van der Waals surface area contributed by atoms with Gasteiger partial charge in [0.15, 0.2) is 11.5 Å². The van der Waals surface area contributed by atoms with Crippen LogP contribution in [0.5, 0.6) is 11.5 Å². The number of likely N-dealkylation sites (N-methyl/N-ethyl adjacent to an activating group) is 1. The Morgan fingerprint density at radius 3 is 2.55 bits per heavy atom. The van der Waals surface area contributed by atoms with Crippen molar-refractivity contribution >= 4 is 0 Å². The first-order valence-electron chi connectivity index (χ1n) is 10.1. The van der Waals surface area contributed by atoms with E-state index < -0.39 is 6.10 Å². The molecule has 29 heavy (non-hydrogen) atoms. The monoisotopic (exact) mass is 400 g/mol. The second kappa shape index (κ2) is 11.2. The predicted molar refractivity (Wildman–Crippen MR) is 113 cm³/mol. The Labute approximate surface area is 173 Å². The fourth-order valence-electron chi connectivity index (χ4n) is 3.51. The van der Waals surface area contributed by atoms with Gasteiger partial charge in [-0.05, 0) is 30.3 Å². The van der Waals surface area contributed by atoms with Crippen molar-refractivity contribution in [3.05, 3.63) is 59.7 Å². The molecular weight excluding hydrogens is 368 g/mol. The van der Waals surface area contributed by atoms with Crippen molar-refractivity contribution in [2.45, 2.75) is 19.2 Å². The molecule has 1 N–H and O–H groups in total. The summed E-state index contributed by atoms with van der Waals surface area (Å²) in [5.41, 5.74) is 2.39. The topological polar surface area (TPSA) is 54.4 Å². The molecule has 1 saturated heterocycles. The molecule has 0 bridgehead atoms. The second-order valence-electron chi connectivity index (χ2n) is 7.52. The smallest absolute Gasteiger partial charge is 0.161 e. The van der Waals surface area contributed by atoms with Gasteiger partial charge >= 0.3 is 0 Å². The number of aliphatic hydroxyl groups is 1. The fourth-order valence-corrected chi connectivity index (χ4v) is 3.51. The van der Waals surface area contributed by atoms with Crippen molar-refractivity contribution < 1.29 is 19.3 Å². The van der Waals surface area contributed by atoms with E-state index in [0.29, 0.717) is 18.0 Å². The van der Waals surface area contributed by atoms with Crippen LogP contribution in [0.15, 0.2) is 48.5 Å². The number of ether oxygens (including phenoxy) is 3. The molecule has 0 amide bonds. The average molecular weight is 401 g/mol. The lowest BCUT2D eigenvalue weighted by Crippen LogP contribution is -2.35. The number of nitrogens with zero attached hydrogens (tertiary/aromatic N) is 2. The van der Waals surface area contributed by atoms with E-state index in [2.05, 4.69) is 28.0 Å². The van der Waals surface area contributed by atoms with E-state index in [0.717, 1.165) is 39.4 Å². The Morgan fingerprint density at radius 2 is 1.83 bits per heavy atom. The minimum absolute atomic E-state index is 0.219. The zero-order valence-corrected chi connectivity index (χ0v) is 17.4. The normalized spacial score (nSPS) is 16.0. The van der Waals surface area contributed by atoms with E-state index in [1.165, 1.54) is 11.1 Å². The molecule has 1 atom stereocenters. The molecule has 0 radical (unpaired) electrons. The first-order valence-corrected chi connectivity index (χ1v) is 10.1. The molecule has 1 fully saturated rings. The van der Waals surface area contributed by atoms with Crippen LogP contribution in [0, 0.1) is 0 Å². The molecule has 2 aromatic rings. The number of methoxy groups -OCH3 is 1. The molecule has 6 nitrogen and oxygen atoms in total. The quantitative estimate of drug-likeness (QED) is 0.661. The van der Waals surface area contributed by atoms with Crippen molar-refractivity contribution in [2.75, 3.05) is 53.6 Å². The van der Waals surface area contributed by atoms with Gasteiger partial charge in [0.05, 0.1) is 20.3 Å². The third-order valence-electron chi connectivity index (χ3n) is 4.99. The van der Waals surface area contributed by atoms with Crippen molar-refractivity contribution in [2.24, 2.45) is 0 Å². The highest BCUT2D eigenvalue weighted by molar-refractivity contribution is 5.43. The summed E-state index contributed by atoms with van der Waals surface area (Å²) in [4.78, 5) is 4.46. The maximum absolute atomic E-state index is 10.4. The van der Waals surface area contributed by atoms with Gasteiger partial charge in [-0.15, -0.1) is 0 Å². The second-order valence-corrected chi connectivity index (χ2v) is 7.52. The summed E-state index contributed by atoms with van der Waals surface area (Å²) in [5, 5.41) is 10.4. The number of hydrogen-bond acceptors (Lipinski definition) is 6. The molecule has 0 saturated carbocycles. The molecule has 1 heterocycles. The van der Waals surface area contributed by atoms with Gasteiger partial charge in [0.2, 0.25) is 0 Å². The maximum atomic E-state index is 10.4. The SMILES string of the molecule is COc1ccc(CN2CCOCC2)cc1OC[C@@H](O)CN(C)Cc1ccccc1. The van der Waals surface area contributed by atoms with Crippen LogP contribution >= 0.6 is 0 Å². The first kappa shape index (κ1) is 21.6. The van der Waals surface area contributed by atoms with Gasteiger partial charge in [0.1, 0.15) is 12.7 Å². The summed E-state index contributed by atoms with van der Waals surface area (Å²) in [6.07, 6.45) is -0.587. The standard InChI is InChI=1S/C23H32N2O4/c1-24(15-19-6-4-3-5-7-19)17-21(26)18-29-23-14-20(8-9-22(23)27-2)16-25-10-12-28-13-11-25/h3-9,14,21,26H,10-13,15-18H2,1-2H3/t21-/m0/s1. The Balaban J connectivity index is 1.51. The summed E-state index contributed by atoms with van der Waals surface area (Å²) in [7, 11) is 3.63. The Hall–Kier alpha value is -2.12. The highest BCUT2D eigenvalue weighted by atomic mass is 16.5. The average Bonchev–Trinajstić information content (AvgIpc) is 2.74. The van der Waals surface area contributed by atoms with Gasteiger partial charge in [0, 0.05) is 32.7 Å². The molecule has 2 aromatic carbocycles. The number of rotatable bonds is 10. The van der Waals surface area contributed by atoms with E-state index in [9.17, 15) is 5.11 Å². The summed E-state index contributed by atoms with van der Waals surface area (Å²) in [6.45, 7) is 5.83. The summed E-state index contributed by atoms with van der Waals surface area (Å²) < 4.78 is 16.8. The van der Waals surface area contributed by atoms with Crippen LogP contribution in [0.1, 0.15) is 11.1 Å². The minimum atomic E-state index is -0.587. The van der Waals surface area contributed by atoms with E-state index in [1.807, 2.05) is 37.4 Å². The van der Waals surface area contributed by atoms with Crippen molar-refractivity contribution in [1.82, 2.24) is 9.80 Å². The van der Waals surface area contributed by atoms with Gasteiger partial charge in [-0.2, -0.15) is 0 Å². The van der Waals surface area contributed by atoms with Crippen LogP contribution < -0.4 is 9.47 Å². The third-order valence-corrected chi connectivity index (χ3v) is 4.99. The predicted octanol–water partition coefficient (Wildman–Crippen LogP) is 2.40. The zero-order valence-electron chi connectivity index (χ0n) is 17.4. The molecule has 0 spiro atoms. The van der Waals surface area contributed by atoms with Crippen LogP contribution in [0.3, 0.4) is 0 Å². The molecule has 158 valence electrons. The summed E-state index contributed by atoms with van der Waals surface area (Å²) >= 11 is 0. The summed E-state index contributed by atoms with van der Waals surface area (Å²) in [5.74, 6) is 1.35. The highest BCUT2D eigenvalue weighted by Gasteiger charge is 2.15. The van der Waals surface area contributed by atoms with Crippen LogP contribution in [-0.2, 0) is 17.8 Å². The van der Waals surface area contributed by atoms with Crippen LogP contribution in [0.2, 0.25) is 0 Å². The Morgan fingerprint density at radius 1 is 1.07 bits per heavy atom. The van der Waals surface area contributed by atoms with E-state index in [1.54, 1.807) is 7.11 Å². The third kappa shape index (κ3) is 7.01. The van der Waals surface area contributed by atoms with Crippen molar-refractivity contribution in [3.63, 3.8) is 0 Å². The van der Waals surface area contributed by atoms with Gasteiger partial charge in [-0.1, -0.05) is 36.4 Å². The maximum Gasteiger partial charge on any atom is 0.161 e. The number of benzene rings is 2. The first-order chi connectivity index (χ1) is 14.1. The molecule has 1 aliphatic rings. The molecule has 0 aromatic heterocycles. The molecule has 0 aliphatic carbocycles. The van der Waals surface area contributed by atoms with Gasteiger partial charge < -0.3 is 19.3 Å². The van der Waals surface area contributed by atoms with E-state index in [4.69, 9.17) is 14.2 Å². The largest absolute Gasteiger partial charge is 0.493 e. The lowest BCUT2D eigenvalue weighted by Gasteiger charge is -2.27. The molecule has 0 unspecified atom stereocenters. The summed E-state index contributed by atoms with van der Waals surface area (Å²) in [6, 6.07) is 16.2. The molecule has 3 rings (SSSR count). The highest BCUT2D eigenvalue weighted by Crippen LogP contribution is 2.29. The van der Waals surface area contributed by atoms with Gasteiger partial charge in [-0.3, -0.25) is 9.80 Å². The Bertz CT molecular complexity index is 735. The number of aliphatic hydroxyl groups excluding tert-OH is 1. The molecular formula is C23H32N2O4.